The zero-order chi connectivity index (χ0) is 11.3. The van der Waals surface area contributed by atoms with E-state index in [2.05, 4.69) is 37.4 Å². The number of nitrogens with zero attached hydrogens (tertiary/aromatic N) is 2. The summed E-state index contributed by atoms with van der Waals surface area (Å²) in [4.78, 5) is 0. The minimum Gasteiger partial charge on any atom is -0.313 e. The van der Waals surface area contributed by atoms with Gasteiger partial charge in [-0.25, -0.2) is 0 Å². The van der Waals surface area contributed by atoms with Crippen LogP contribution in [-0.4, -0.2) is 16.8 Å². The van der Waals surface area contributed by atoms with Crippen LogP contribution in [0, 0.1) is 5.92 Å². The molecule has 0 spiro atoms. The molecule has 0 saturated carbocycles. The van der Waals surface area contributed by atoms with Gasteiger partial charge in [-0.2, -0.15) is 5.10 Å². The molecule has 0 radical (unpaired) electrons. The van der Waals surface area contributed by atoms with Crippen LogP contribution in [0.5, 0.6) is 0 Å². The van der Waals surface area contributed by atoms with E-state index in [4.69, 9.17) is 0 Å². The van der Waals surface area contributed by atoms with Crippen molar-refractivity contribution in [2.24, 2.45) is 5.92 Å². The molecule has 1 unspecified atom stereocenters. The molecule has 1 aromatic rings. The lowest BCUT2D eigenvalue weighted by Crippen LogP contribution is -2.17. The summed E-state index contributed by atoms with van der Waals surface area (Å²) < 4.78 is 2.03. The maximum absolute atomic E-state index is 4.36. The highest BCUT2D eigenvalue weighted by molar-refractivity contribution is 5.10. The highest BCUT2D eigenvalue weighted by Crippen LogP contribution is 2.20. The van der Waals surface area contributed by atoms with E-state index in [1.807, 2.05) is 17.9 Å². The summed E-state index contributed by atoms with van der Waals surface area (Å²) >= 11 is 0. The third kappa shape index (κ3) is 3.67. The molecule has 0 aliphatic carbocycles. The summed E-state index contributed by atoms with van der Waals surface area (Å²) in [6.45, 7) is 7.69. The van der Waals surface area contributed by atoms with E-state index in [1.165, 1.54) is 5.56 Å². The molecule has 0 fully saturated rings. The maximum Gasteiger partial charge on any atom is 0.0537 e. The normalized spacial score (nSPS) is 13.4. The lowest BCUT2D eigenvalue weighted by atomic mass is 10.00. The summed E-state index contributed by atoms with van der Waals surface area (Å²) in [5, 5.41) is 7.71. The third-order valence-corrected chi connectivity index (χ3v) is 2.56. The first-order chi connectivity index (χ1) is 7.17. The van der Waals surface area contributed by atoms with E-state index in [-0.39, 0.29) is 0 Å². The quantitative estimate of drug-likeness (QED) is 0.780. The minimum absolute atomic E-state index is 0.440. The number of aromatic nitrogens is 2. The number of rotatable bonds is 6. The van der Waals surface area contributed by atoms with Crippen molar-refractivity contribution < 1.29 is 0 Å². The highest BCUT2D eigenvalue weighted by Gasteiger charge is 2.12. The van der Waals surface area contributed by atoms with Crippen LogP contribution in [-0.2, 0) is 6.54 Å². The van der Waals surface area contributed by atoms with Gasteiger partial charge in [0, 0.05) is 24.3 Å². The Morgan fingerprint density at radius 3 is 2.73 bits per heavy atom. The molecule has 0 aromatic carbocycles. The monoisotopic (exact) mass is 209 g/mol. The lowest BCUT2D eigenvalue weighted by molar-refractivity contribution is 0.456. The molecule has 0 saturated heterocycles. The molecule has 15 heavy (non-hydrogen) atoms. The van der Waals surface area contributed by atoms with Crippen molar-refractivity contribution in [1.29, 1.82) is 0 Å². The molecule has 86 valence electrons. The highest BCUT2D eigenvalue weighted by atomic mass is 15.3. The van der Waals surface area contributed by atoms with E-state index >= 15 is 0 Å². The van der Waals surface area contributed by atoms with Crippen LogP contribution in [0.25, 0.3) is 0 Å². The van der Waals surface area contributed by atoms with Crippen molar-refractivity contribution in [1.82, 2.24) is 15.1 Å². The van der Waals surface area contributed by atoms with Crippen molar-refractivity contribution in [3.8, 4) is 0 Å². The Hall–Kier alpha value is -0.830. The number of hydrogen-bond donors (Lipinski definition) is 1. The van der Waals surface area contributed by atoms with Crippen LogP contribution >= 0.6 is 0 Å². The van der Waals surface area contributed by atoms with Crippen molar-refractivity contribution in [2.75, 3.05) is 7.05 Å². The molecule has 1 aromatic heterocycles. The first kappa shape index (κ1) is 12.2. The van der Waals surface area contributed by atoms with Crippen molar-refractivity contribution >= 4 is 0 Å². The van der Waals surface area contributed by atoms with Gasteiger partial charge in [0.05, 0.1) is 6.20 Å². The number of hydrogen-bond acceptors (Lipinski definition) is 2. The van der Waals surface area contributed by atoms with Crippen LogP contribution in [0.15, 0.2) is 12.4 Å². The molecule has 0 aliphatic rings. The SMILES string of the molecule is CCCn1cc(C(CC(C)C)NC)cn1. The summed E-state index contributed by atoms with van der Waals surface area (Å²) in [6.07, 6.45) is 6.44. The average Bonchev–Trinajstić information content (AvgIpc) is 2.63. The van der Waals surface area contributed by atoms with Crippen LogP contribution in [0.4, 0.5) is 0 Å². The number of aryl methyl sites for hydroxylation is 1. The van der Waals surface area contributed by atoms with Crippen LogP contribution in [0.3, 0.4) is 0 Å². The molecule has 1 rings (SSSR count). The van der Waals surface area contributed by atoms with Crippen LogP contribution in [0.1, 0.15) is 45.2 Å². The maximum atomic E-state index is 4.36. The zero-order valence-corrected chi connectivity index (χ0v) is 10.3. The molecule has 0 aliphatic heterocycles. The molecular formula is C12H23N3. The Labute approximate surface area is 92.9 Å². The van der Waals surface area contributed by atoms with Gasteiger partial charge < -0.3 is 5.32 Å². The van der Waals surface area contributed by atoms with E-state index in [9.17, 15) is 0 Å². The largest absolute Gasteiger partial charge is 0.313 e. The zero-order valence-electron chi connectivity index (χ0n) is 10.3. The fourth-order valence-electron chi connectivity index (χ4n) is 1.80. The molecule has 3 nitrogen and oxygen atoms in total. The second-order valence-electron chi connectivity index (χ2n) is 4.51. The number of nitrogens with one attached hydrogen (secondary N) is 1. The molecule has 0 bridgehead atoms. The second-order valence-corrected chi connectivity index (χ2v) is 4.51. The van der Waals surface area contributed by atoms with Crippen molar-refractivity contribution in [2.45, 2.75) is 46.2 Å². The van der Waals surface area contributed by atoms with Gasteiger partial charge in [0.15, 0.2) is 0 Å². The Morgan fingerprint density at radius 2 is 2.20 bits per heavy atom. The summed E-state index contributed by atoms with van der Waals surface area (Å²) in [5.41, 5.74) is 1.31. The Morgan fingerprint density at radius 1 is 1.47 bits per heavy atom. The summed E-state index contributed by atoms with van der Waals surface area (Å²) in [5.74, 6) is 0.706. The second kappa shape index (κ2) is 5.91. The van der Waals surface area contributed by atoms with E-state index < -0.39 is 0 Å². The molecule has 1 heterocycles. The van der Waals surface area contributed by atoms with Crippen LogP contribution in [0.2, 0.25) is 0 Å². The third-order valence-electron chi connectivity index (χ3n) is 2.56. The van der Waals surface area contributed by atoms with Crippen LogP contribution < -0.4 is 5.32 Å². The molecule has 1 N–H and O–H groups in total. The van der Waals surface area contributed by atoms with Gasteiger partial charge in [0.25, 0.3) is 0 Å². The predicted octanol–water partition coefficient (Wildman–Crippen LogP) is 2.60. The van der Waals surface area contributed by atoms with Crippen molar-refractivity contribution in [3.63, 3.8) is 0 Å². The van der Waals surface area contributed by atoms with Crippen molar-refractivity contribution in [3.05, 3.63) is 18.0 Å². The fourth-order valence-corrected chi connectivity index (χ4v) is 1.80. The van der Waals surface area contributed by atoms with Gasteiger partial charge in [-0.05, 0) is 25.8 Å². The summed E-state index contributed by atoms with van der Waals surface area (Å²) in [6, 6.07) is 0.440. The van der Waals surface area contributed by atoms with E-state index in [1.54, 1.807) is 0 Å². The first-order valence-electron chi connectivity index (χ1n) is 5.87. The van der Waals surface area contributed by atoms with E-state index in [0.29, 0.717) is 12.0 Å². The van der Waals surface area contributed by atoms with Gasteiger partial charge >= 0.3 is 0 Å². The molecule has 0 amide bonds. The van der Waals surface area contributed by atoms with Gasteiger partial charge in [-0.15, -0.1) is 0 Å². The average molecular weight is 209 g/mol. The van der Waals surface area contributed by atoms with E-state index in [0.717, 1.165) is 19.4 Å². The van der Waals surface area contributed by atoms with Gasteiger partial charge in [-0.3, -0.25) is 4.68 Å². The lowest BCUT2D eigenvalue weighted by Gasteiger charge is -2.16. The fraction of sp³-hybridized carbons (Fsp3) is 0.750. The molecular weight excluding hydrogens is 186 g/mol. The van der Waals surface area contributed by atoms with Gasteiger partial charge in [-0.1, -0.05) is 20.8 Å². The Kier molecular flexibility index (Phi) is 4.82. The molecule has 1 atom stereocenters. The summed E-state index contributed by atoms with van der Waals surface area (Å²) in [7, 11) is 2.02. The topological polar surface area (TPSA) is 29.9 Å². The first-order valence-corrected chi connectivity index (χ1v) is 5.87. The molecule has 3 heteroatoms. The minimum atomic E-state index is 0.440. The predicted molar refractivity (Wildman–Crippen MR) is 63.8 cm³/mol. The van der Waals surface area contributed by atoms with Gasteiger partial charge in [0.1, 0.15) is 0 Å². The Bertz CT molecular complexity index is 278. The smallest absolute Gasteiger partial charge is 0.0537 e. The Balaban J connectivity index is 2.65. The standard InChI is InChI=1S/C12H23N3/c1-5-6-15-9-11(8-14-15)12(13-4)7-10(2)3/h8-10,12-13H,5-7H2,1-4H3. The van der Waals surface area contributed by atoms with Gasteiger partial charge in [0.2, 0.25) is 0 Å².